The molecule has 3 aliphatic rings. The first-order chi connectivity index (χ1) is 12.0. The van der Waals surface area contributed by atoms with Gasteiger partial charge in [-0.2, -0.15) is 0 Å². The zero-order valence-corrected chi connectivity index (χ0v) is 13.9. The Morgan fingerprint density at radius 2 is 1.72 bits per heavy atom. The van der Waals surface area contributed by atoms with Gasteiger partial charge in [0, 0.05) is 19.6 Å². The molecule has 2 atom stereocenters. The van der Waals surface area contributed by atoms with Gasteiger partial charge in [-0.3, -0.25) is 29.0 Å². The number of likely N-dealkylation sites (tertiary alicyclic amines) is 1. The normalized spacial score (nSPS) is 25.8. The van der Waals surface area contributed by atoms with Crippen LogP contribution in [0.3, 0.4) is 0 Å². The average Bonchev–Trinajstić information content (AvgIpc) is 3.14. The Balaban J connectivity index is 1.44. The molecule has 3 fully saturated rings. The number of urea groups is 1. The molecule has 1 N–H and O–H groups in total. The van der Waals surface area contributed by atoms with Crippen molar-refractivity contribution in [2.45, 2.75) is 32.1 Å². The molecule has 0 spiro atoms. The van der Waals surface area contributed by atoms with Crippen LogP contribution in [0.15, 0.2) is 0 Å². The fraction of sp³-hybridized carbons (Fsp3) is 0.688. The predicted molar refractivity (Wildman–Crippen MR) is 82.9 cm³/mol. The van der Waals surface area contributed by atoms with Crippen molar-refractivity contribution < 1.29 is 28.7 Å². The van der Waals surface area contributed by atoms with Crippen LogP contribution in [0.25, 0.3) is 0 Å². The lowest BCUT2D eigenvalue weighted by molar-refractivity contribution is -0.151. The molecule has 1 aliphatic carbocycles. The van der Waals surface area contributed by atoms with Crippen LogP contribution in [-0.4, -0.2) is 65.8 Å². The van der Waals surface area contributed by atoms with E-state index in [1.54, 1.807) is 0 Å². The summed E-state index contributed by atoms with van der Waals surface area (Å²) in [4.78, 5) is 61.6. The Kier molecular flexibility index (Phi) is 5.00. The minimum Gasteiger partial charge on any atom is -0.455 e. The summed E-state index contributed by atoms with van der Waals surface area (Å²) in [5, 5.41) is 2.48. The van der Waals surface area contributed by atoms with Crippen molar-refractivity contribution in [3.8, 4) is 0 Å². The van der Waals surface area contributed by atoms with Crippen LogP contribution in [0.4, 0.5) is 4.79 Å². The maximum absolute atomic E-state index is 12.3. The number of nitrogens with one attached hydrogen (secondary N) is 1. The van der Waals surface area contributed by atoms with Crippen LogP contribution in [-0.2, 0) is 23.9 Å². The molecule has 2 heterocycles. The lowest BCUT2D eigenvalue weighted by Crippen LogP contribution is -2.37. The SMILES string of the molecule is O=C(CCN1C(=O)[C@H]2CCCC[C@H]2C1=O)OCC(=O)N1CCNC1=O. The first-order valence-electron chi connectivity index (χ1n) is 8.58. The quantitative estimate of drug-likeness (QED) is 0.535. The van der Waals surface area contributed by atoms with Gasteiger partial charge in [0.05, 0.1) is 18.3 Å². The second-order valence-corrected chi connectivity index (χ2v) is 6.51. The molecular formula is C16H21N3O6. The molecule has 2 aliphatic heterocycles. The summed E-state index contributed by atoms with van der Waals surface area (Å²) in [5.74, 6) is -2.16. The number of fused-ring (bicyclic) bond motifs is 1. The topological polar surface area (TPSA) is 113 Å². The van der Waals surface area contributed by atoms with E-state index in [1.165, 1.54) is 0 Å². The molecule has 3 rings (SSSR count). The number of rotatable bonds is 5. The number of esters is 1. The maximum atomic E-state index is 12.3. The number of imide groups is 2. The van der Waals surface area contributed by atoms with Crippen molar-refractivity contribution in [2.24, 2.45) is 11.8 Å². The van der Waals surface area contributed by atoms with E-state index in [2.05, 4.69) is 5.32 Å². The van der Waals surface area contributed by atoms with Crippen LogP contribution in [0.5, 0.6) is 0 Å². The van der Waals surface area contributed by atoms with Gasteiger partial charge in [-0.25, -0.2) is 4.79 Å². The van der Waals surface area contributed by atoms with Gasteiger partial charge in [-0.15, -0.1) is 0 Å². The number of amides is 5. The van der Waals surface area contributed by atoms with E-state index in [9.17, 15) is 24.0 Å². The van der Waals surface area contributed by atoms with Crippen molar-refractivity contribution >= 4 is 29.7 Å². The van der Waals surface area contributed by atoms with Crippen molar-refractivity contribution in [2.75, 3.05) is 26.2 Å². The summed E-state index contributed by atoms with van der Waals surface area (Å²) in [6, 6.07) is -0.503. The van der Waals surface area contributed by atoms with Crippen LogP contribution in [0.2, 0.25) is 0 Å². The van der Waals surface area contributed by atoms with Gasteiger partial charge in [0.1, 0.15) is 0 Å². The number of ether oxygens (including phenoxy) is 1. The standard InChI is InChI=1S/C16H21N3O6/c20-12(18-8-6-17-16(18)24)9-25-13(21)5-7-19-14(22)10-3-1-2-4-11(10)15(19)23/h10-11H,1-9H2,(H,17,24)/t10-,11+. The molecule has 0 aromatic rings. The first kappa shape index (κ1) is 17.4. The van der Waals surface area contributed by atoms with Gasteiger partial charge in [-0.05, 0) is 12.8 Å². The summed E-state index contributed by atoms with van der Waals surface area (Å²) in [6.45, 7) is 0.0656. The molecule has 9 nitrogen and oxygen atoms in total. The molecule has 0 aromatic carbocycles. The van der Waals surface area contributed by atoms with Crippen LogP contribution in [0.1, 0.15) is 32.1 Å². The van der Waals surface area contributed by atoms with Gasteiger partial charge >= 0.3 is 12.0 Å². The Bertz CT molecular complexity index is 595. The van der Waals surface area contributed by atoms with Gasteiger partial charge in [0.25, 0.3) is 5.91 Å². The van der Waals surface area contributed by atoms with E-state index >= 15 is 0 Å². The smallest absolute Gasteiger partial charge is 0.324 e. The maximum Gasteiger partial charge on any atom is 0.324 e. The zero-order chi connectivity index (χ0) is 18.0. The van der Waals surface area contributed by atoms with Gasteiger partial charge in [0.15, 0.2) is 6.61 Å². The van der Waals surface area contributed by atoms with E-state index in [1.807, 2.05) is 0 Å². The highest BCUT2D eigenvalue weighted by atomic mass is 16.5. The van der Waals surface area contributed by atoms with Crippen molar-refractivity contribution in [3.05, 3.63) is 0 Å². The van der Waals surface area contributed by atoms with E-state index < -0.39 is 24.5 Å². The Labute approximate surface area is 144 Å². The van der Waals surface area contributed by atoms with Crippen LogP contribution < -0.4 is 5.32 Å². The largest absolute Gasteiger partial charge is 0.455 e. The van der Waals surface area contributed by atoms with Gasteiger partial charge in [-0.1, -0.05) is 12.8 Å². The Morgan fingerprint density at radius 3 is 2.28 bits per heavy atom. The highest BCUT2D eigenvalue weighted by Gasteiger charge is 2.47. The second-order valence-electron chi connectivity index (χ2n) is 6.51. The van der Waals surface area contributed by atoms with E-state index in [4.69, 9.17) is 4.74 Å². The summed E-state index contributed by atoms with van der Waals surface area (Å²) in [5.41, 5.74) is 0. The molecule has 136 valence electrons. The molecule has 25 heavy (non-hydrogen) atoms. The molecule has 9 heteroatoms. The molecule has 5 amide bonds. The number of nitrogens with zero attached hydrogens (tertiary/aromatic N) is 2. The van der Waals surface area contributed by atoms with Crippen LogP contribution in [0, 0.1) is 11.8 Å². The lowest BCUT2D eigenvalue weighted by atomic mass is 9.81. The Hall–Kier alpha value is -2.45. The summed E-state index contributed by atoms with van der Waals surface area (Å²) in [6.07, 6.45) is 3.19. The molecule has 0 unspecified atom stereocenters. The summed E-state index contributed by atoms with van der Waals surface area (Å²) < 4.78 is 4.85. The highest BCUT2D eigenvalue weighted by Crippen LogP contribution is 2.37. The monoisotopic (exact) mass is 351 g/mol. The minimum absolute atomic E-state index is 0.0259. The van der Waals surface area contributed by atoms with E-state index in [0.717, 1.165) is 35.5 Å². The van der Waals surface area contributed by atoms with Gasteiger partial charge in [0.2, 0.25) is 11.8 Å². The Morgan fingerprint density at radius 1 is 1.08 bits per heavy atom. The average molecular weight is 351 g/mol. The fourth-order valence-corrected chi connectivity index (χ4v) is 3.66. The third-order valence-corrected chi connectivity index (χ3v) is 4.99. The summed E-state index contributed by atoms with van der Waals surface area (Å²) in [7, 11) is 0. The molecule has 1 saturated carbocycles. The predicted octanol–water partition coefficient (Wildman–Crippen LogP) is -0.353. The van der Waals surface area contributed by atoms with E-state index in [-0.39, 0.29) is 43.2 Å². The third-order valence-electron chi connectivity index (χ3n) is 4.99. The highest BCUT2D eigenvalue weighted by molar-refractivity contribution is 6.05. The van der Waals surface area contributed by atoms with Gasteiger partial charge < -0.3 is 10.1 Å². The molecule has 0 aromatic heterocycles. The lowest BCUT2D eigenvalue weighted by Gasteiger charge is -2.19. The van der Waals surface area contributed by atoms with Crippen LogP contribution >= 0.6 is 0 Å². The molecule has 0 radical (unpaired) electrons. The fourth-order valence-electron chi connectivity index (χ4n) is 3.66. The van der Waals surface area contributed by atoms with Crippen molar-refractivity contribution in [1.82, 2.24) is 15.1 Å². The zero-order valence-electron chi connectivity index (χ0n) is 13.9. The molecule has 2 saturated heterocycles. The first-order valence-corrected chi connectivity index (χ1v) is 8.58. The van der Waals surface area contributed by atoms with Crippen molar-refractivity contribution in [3.63, 3.8) is 0 Å². The van der Waals surface area contributed by atoms with Crippen molar-refractivity contribution in [1.29, 1.82) is 0 Å². The number of carbonyl (C=O) groups is 5. The summed E-state index contributed by atoms with van der Waals surface area (Å²) >= 11 is 0. The number of carbonyl (C=O) groups excluding carboxylic acids is 5. The number of hydrogen-bond donors (Lipinski definition) is 1. The minimum atomic E-state index is -0.677. The molecular weight excluding hydrogens is 330 g/mol. The third kappa shape index (κ3) is 3.49. The molecule has 0 bridgehead atoms. The second kappa shape index (κ2) is 7.20. The number of hydrogen-bond acceptors (Lipinski definition) is 6. The van der Waals surface area contributed by atoms with E-state index in [0.29, 0.717) is 6.54 Å².